The van der Waals surface area contributed by atoms with Crippen molar-refractivity contribution in [1.29, 1.82) is 0 Å². The molecule has 1 heterocycles. The van der Waals surface area contributed by atoms with E-state index < -0.39 is 0 Å². The predicted molar refractivity (Wildman–Crippen MR) is 93.4 cm³/mol. The van der Waals surface area contributed by atoms with Crippen LogP contribution < -0.4 is 5.73 Å². The van der Waals surface area contributed by atoms with Crippen LogP contribution in [-0.4, -0.2) is 17.0 Å². The highest BCUT2D eigenvalue weighted by Crippen LogP contribution is 2.37. The second kappa shape index (κ2) is 6.61. The summed E-state index contributed by atoms with van der Waals surface area (Å²) in [6, 6.07) is 11.9. The van der Waals surface area contributed by atoms with Crippen LogP contribution in [-0.2, 0) is 6.54 Å². The van der Waals surface area contributed by atoms with Gasteiger partial charge in [0.2, 0.25) is 0 Å². The van der Waals surface area contributed by atoms with Gasteiger partial charge in [0.15, 0.2) is 0 Å². The van der Waals surface area contributed by atoms with Crippen molar-refractivity contribution in [2.75, 3.05) is 0 Å². The maximum Gasteiger partial charge on any atom is 0.0503 e. The Balaban J connectivity index is 1.89. The number of halogens is 1. The second-order valence-electron chi connectivity index (χ2n) is 5.89. The Labute approximate surface area is 139 Å². The lowest BCUT2D eigenvalue weighted by Crippen LogP contribution is -2.40. The number of hydrogen-bond donors (Lipinski definition) is 1. The standard InChI is InChI=1S/C17H21BrN2S/c1-12(19)17(14-3-2-4-15(18)9-14)20(16-5-6-16)10-13-7-8-21-11-13/h2-4,7-9,11-12,16-17H,5-6,10,19H2,1H3. The van der Waals surface area contributed by atoms with Gasteiger partial charge in [-0.2, -0.15) is 11.3 Å². The number of hydrogen-bond acceptors (Lipinski definition) is 3. The van der Waals surface area contributed by atoms with Gasteiger partial charge >= 0.3 is 0 Å². The summed E-state index contributed by atoms with van der Waals surface area (Å²) in [5.74, 6) is 0. The summed E-state index contributed by atoms with van der Waals surface area (Å²) in [6.45, 7) is 3.11. The smallest absolute Gasteiger partial charge is 0.0503 e. The molecule has 0 radical (unpaired) electrons. The Hall–Kier alpha value is -0.680. The van der Waals surface area contributed by atoms with Crippen molar-refractivity contribution >= 4 is 27.3 Å². The van der Waals surface area contributed by atoms with E-state index in [2.05, 4.69) is 68.8 Å². The molecule has 3 rings (SSSR count). The molecule has 112 valence electrons. The van der Waals surface area contributed by atoms with E-state index in [4.69, 9.17) is 5.73 Å². The topological polar surface area (TPSA) is 29.3 Å². The van der Waals surface area contributed by atoms with Gasteiger partial charge in [-0.3, -0.25) is 4.90 Å². The van der Waals surface area contributed by atoms with Crippen LogP contribution in [0, 0.1) is 0 Å². The first-order valence-electron chi connectivity index (χ1n) is 7.43. The van der Waals surface area contributed by atoms with Crippen LogP contribution in [0.1, 0.15) is 36.9 Å². The van der Waals surface area contributed by atoms with E-state index in [9.17, 15) is 0 Å². The van der Waals surface area contributed by atoms with Crippen LogP contribution in [0.5, 0.6) is 0 Å². The number of rotatable bonds is 6. The zero-order valence-electron chi connectivity index (χ0n) is 12.2. The highest BCUT2D eigenvalue weighted by Gasteiger charge is 2.36. The Morgan fingerprint density at radius 1 is 1.38 bits per heavy atom. The summed E-state index contributed by atoms with van der Waals surface area (Å²) in [6.07, 6.45) is 2.59. The lowest BCUT2D eigenvalue weighted by Gasteiger charge is -2.35. The van der Waals surface area contributed by atoms with Gasteiger partial charge in [-0.25, -0.2) is 0 Å². The Morgan fingerprint density at radius 2 is 2.19 bits per heavy atom. The first-order valence-corrected chi connectivity index (χ1v) is 9.16. The van der Waals surface area contributed by atoms with Gasteiger partial charge < -0.3 is 5.73 Å². The molecule has 1 fully saturated rings. The van der Waals surface area contributed by atoms with E-state index in [1.165, 1.54) is 24.0 Å². The minimum Gasteiger partial charge on any atom is -0.326 e. The summed E-state index contributed by atoms with van der Waals surface area (Å²) in [5.41, 5.74) is 9.06. The molecule has 1 aromatic carbocycles. The fraction of sp³-hybridized carbons (Fsp3) is 0.412. The third kappa shape index (κ3) is 3.75. The van der Waals surface area contributed by atoms with Crippen LogP contribution in [0.3, 0.4) is 0 Å². The van der Waals surface area contributed by atoms with Crippen LogP contribution in [0.2, 0.25) is 0 Å². The third-order valence-corrected chi connectivity index (χ3v) is 5.23. The van der Waals surface area contributed by atoms with Gasteiger partial charge in [0.1, 0.15) is 0 Å². The Bertz CT molecular complexity index is 578. The first kappa shape index (κ1) is 15.2. The lowest BCUT2D eigenvalue weighted by molar-refractivity contribution is 0.157. The van der Waals surface area contributed by atoms with Crippen molar-refractivity contribution in [1.82, 2.24) is 4.90 Å². The van der Waals surface area contributed by atoms with E-state index in [0.29, 0.717) is 6.04 Å². The largest absolute Gasteiger partial charge is 0.326 e. The monoisotopic (exact) mass is 364 g/mol. The normalized spacial score (nSPS) is 17.9. The predicted octanol–water partition coefficient (Wildman–Crippen LogP) is 4.56. The van der Waals surface area contributed by atoms with Gasteiger partial charge in [0.25, 0.3) is 0 Å². The molecule has 2 unspecified atom stereocenters. The second-order valence-corrected chi connectivity index (χ2v) is 7.59. The molecule has 0 amide bonds. The van der Waals surface area contributed by atoms with E-state index in [-0.39, 0.29) is 12.1 Å². The van der Waals surface area contributed by atoms with E-state index in [1.807, 2.05) is 0 Å². The Morgan fingerprint density at radius 3 is 2.76 bits per heavy atom. The van der Waals surface area contributed by atoms with Crippen LogP contribution in [0.25, 0.3) is 0 Å². The highest BCUT2D eigenvalue weighted by atomic mass is 79.9. The van der Waals surface area contributed by atoms with E-state index in [0.717, 1.165) is 11.0 Å². The quantitative estimate of drug-likeness (QED) is 0.813. The van der Waals surface area contributed by atoms with Crippen molar-refractivity contribution in [3.8, 4) is 0 Å². The van der Waals surface area contributed by atoms with Gasteiger partial charge in [-0.05, 0) is 59.9 Å². The molecule has 2 aromatic rings. The van der Waals surface area contributed by atoms with Gasteiger partial charge in [0, 0.05) is 23.1 Å². The number of thiophene rings is 1. The summed E-state index contributed by atoms with van der Waals surface area (Å²) in [7, 11) is 0. The highest BCUT2D eigenvalue weighted by molar-refractivity contribution is 9.10. The molecule has 2 atom stereocenters. The maximum atomic E-state index is 6.36. The minimum atomic E-state index is 0.110. The SMILES string of the molecule is CC(N)C(c1cccc(Br)c1)N(Cc1ccsc1)C1CC1. The number of nitrogens with two attached hydrogens (primary N) is 1. The lowest BCUT2D eigenvalue weighted by atomic mass is 9.98. The molecule has 1 aliphatic rings. The molecule has 4 heteroatoms. The molecule has 0 aliphatic heterocycles. The van der Waals surface area contributed by atoms with Crippen molar-refractivity contribution in [3.63, 3.8) is 0 Å². The summed E-state index contributed by atoms with van der Waals surface area (Å²) in [4.78, 5) is 2.59. The molecule has 0 saturated heterocycles. The third-order valence-electron chi connectivity index (χ3n) is 4.01. The molecular weight excluding hydrogens is 344 g/mol. The van der Waals surface area contributed by atoms with E-state index in [1.54, 1.807) is 11.3 Å². The average molecular weight is 365 g/mol. The van der Waals surface area contributed by atoms with E-state index >= 15 is 0 Å². The van der Waals surface area contributed by atoms with Crippen LogP contribution in [0.4, 0.5) is 0 Å². The number of nitrogens with zero attached hydrogens (tertiary/aromatic N) is 1. The fourth-order valence-electron chi connectivity index (χ4n) is 2.94. The van der Waals surface area contributed by atoms with Crippen molar-refractivity contribution < 1.29 is 0 Å². The molecule has 1 saturated carbocycles. The van der Waals surface area contributed by atoms with Crippen molar-refractivity contribution in [3.05, 3.63) is 56.7 Å². The van der Waals surface area contributed by atoms with Gasteiger partial charge in [-0.15, -0.1) is 0 Å². The molecule has 2 N–H and O–H groups in total. The fourth-order valence-corrected chi connectivity index (χ4v) is 4.02. The Kier molecular flexibility index (Phi) is 4.79. The van der Waals surface area contributed by atoms with Crippen LogP contribution in [0.15, 0.2) is 45.6 Å². The molecular formula is C17H21BrN2S. The van der Waals surface area contributed by atoms with Crippen molar-refractivity contribution in [2.24, 2.45) is 5.73 Å². The van der Waals surface area contributed by atoms with Gasteiger partial charge in [-0.1, -0.05) is 28.1 Å². The number of benzene rings is 1. The molecule has 21 heavy (non-hydrogen) atoms. The zero-order valence-corrected chi connectivity index (χ0v) is 14.6. The molecule has 1 aliphatic carbocycles. The zero-order chi connectivity index (χ0) is 14.8. The first-order chi connectivity index (χ1) is 10.1. The summed E-state index contributed by atoms with van der Waals surface area (Å²) < 4.78 is 1.12. The molecule has 2 nitrogen and oxygen atoms in total. The molecule has 0 bridgehead atoms. The summed E-state index contributed by atoms with van der Waals surface area (Å²) in [5, 5.41) is 4.40. The van der Waals surface area contributed by atoms with Crippen molar-refractivity contribution in [2.45, 2.75) is 44.4 Å². The maximum absolute atomic E-state index is 6.36. The van der Waals surface area contributed by atoms with Gasteiger partial charge in [0.05, 0.1) is 6.04 Å². The molecule has 1 aromatic heterocycles. The van der Waals surface area contributed by atoms with Crippen LogP contribution >= 0.6 is 27.3 Å². The summed E-state index contributed by atoms with van der Waals surface area (Å²) >= 11 is 5.35. The molecule has 0 spiro atoms. The minimum absolute atomic E-state index is 0.110. The average Bonchev–Trinajstić information content (AvgIpc) is 3.16.